The Hall–Kier alpha value is -1.66. The van der Waals surface area contributed by atoms with Gasteiger partial charge in [-0.2, -0.15) is 0 Å². The van der Waals surface area contributed by atoms with Crippen molar-refractivity contribution in [1.82, 2.24) is 5.48 Å². The number of hydrogen-bond acceptors (Lipinski definition) is 4. The van der Waals surface area contributed by atoms with E-state index < -0.39 is 6.29 Å². The van der Waals surface area contributed by atoms with Crippen molar-refractivity contribution in [2.24, 2.45) is 0 Å². The Bertz CT molecular complexity index is 643. The number of aliphatic hydroxyl groups excluding tert-OH is 1. The van der Waals surface area contributed by atoms with Gasteiger partial charge in [0.15, 0.2) is 6.29 Å². The van der Waals surface area contributed by atoms with E-state index in [1.54, 1.807) is 0 Å². The zero-order chi connectivity index (χ0) is 15.4. The normalized spacial score (nSPS) is 18.6. The van der Waals surface area contributed by atoms with Gasteiger partial charge in [-0.15, -0.1) is 0 Å². The summed E-state index contributed by atoms with van der Waals surface area (Å²) in [5, 5.41) is 10.1. The van der Waals surface area contributed by atoms with Crippen molar-refractivity contribution < 1.29 is 14.7 Å². The van der Waals surface area contributed by atoms with Gasteiger partial charge in [0.25, 0.3) is 0 Å². The van der Waals surface area contributed by atoms with Crippen LogP contribution in [-0.2, 0) is 16.2 Å². The van der Waals surface area contributed by atoms with Crippen LogP contribution >= 0.6 is 15.9 Å². The van der Waals surface area contributed by atoms with Crippen LogP contribution in [0.3, 0.4) is 0 Å². The van der Waals surface area contributed by atoms with Crippen LogP contribution < -0.4 is 5.48 Å². The van der Waals surface area contributed by atoms with Crippen molar-refractivity contribution in [1.29, 1.82) is 0 Å². The van der Waals surface area contributed by atoms with Crippen LogP contribution in [0, 0.1) is 0 Å². The van der Waals surface area contributed by atoms with Crippen LogP contribution in [0.15, 0.2) is 65.3 Å². The van der Waals surface area contributed by atoms with E-state index in [1.165, 1.54) is 0 Å². The third kappa shape index (κ3) is 3.75. The topological polar surface area (TPSA) is 50.7 Å². The minimum Gasteiger partial charge on any atom is -0.364 e. The largest absolute Gasteiger partial charge is 0.364 e. The Morgan fingerprint density at radius 1 is 1.14 bits per heavy atom. The molecule has 2 aromatic carbocycles. The predicted octanol–water partition coefficient (Wildman–Crippen LogP) is 3.71. The molecular weight excluding hydrogens is 346 g/mol. The van der Waals surface area contributed by atoms with Gasteiger partial charge in [0.2, 0.25) is 0 Å². The molecule has 3 rings (SSSR count). The molecule has 0 saturated heterocycles. The van der Waals surface area contributed by atoms with E-state index >= 15 is 0 Å². The summed E-state index contributed by atoms with van der Waals surface area (Å²) in [6.45, 7) is 0.370. The maximum atomic E-state index is 10.1. The van der Waals surface area contributed by atoms with Crippen LogP contribution in [0.1, 0.15) is 29.1 Å². The second-order valence-corrected chi connectivity index (χ2v) is 5.83. The summed E-state index contributed by atoms with van der Waals surface area (Å²) in [6, 6.07) is 17.3. The van der Waals surface area contributed by atoms with Gasteiger partial charge < -0.3 is 9.84 Å². The molecule has 0 amide bonds. The number of hydroxylamine groups is 1. The summed E-state index contributed by atoms with van der Waals surface area (Å²) in [6.07, 6.45) is 0.849. The smallest absolute Gasteiger partial charge is 0.181 e. The number of ether oxygens (including phenoxy) is 1. The predicted molar refractivity (Wildman–Crippen MR) is 86.6 cm³/mol. The molecule has 114 valence electrons. The highest BCUT2D eigenvalue weighted by Gasteiger charge is 2.17. The Morgan fingerprint density at radius 2 is 1.86 bits per heavy atom. The van der Waals surface area contributed by atoms with E-state index in [4.69, 9.17) is 9.57 Å². The molecule has 0 saturated carbocycles. The first kappa shape index (κ1) is 15.2. The second kappa shape index (κ2) is 7.07. The molecule has 0 fully saturated rings. The molecule has 1 heterocycles. The van der Waals surface area contributed by atoms with Crippen molar-refractivity contribution in [3.8, 4) is 0 Å². The zero-order valence-corrected chi connectivity index (χ0v) is 13.4. The van der Waals surface area contributed by atoms with Crippen molar-refractivity contribution in [2.75, 3.05) is 0 Å². The highest BCUT2D eigenvalue weighted by Crippen LogP contribution is 2.27. The van der Waals surface area contributed by atoms with Gasteiger partial charge in [0.1, 0.15) is 10.7 Å². The molecule has 0 aromatic heterocycles. The summed E-state index contributed by atoms with van der Waals surface area (Å²) < 4.78 is 6.30. The summed E-state index contributed by atoms with van der Waals surface area (Å²) in [5.74, 6) is 0. The van der Waals surface area contributed by atoms with Crippen molar-refractivity contribution in [2.45, 2.75) is 19.0 Å². The third-order valence-electron chi connectivity index (χ3n) is 3.38. The van der Waals surface area contributed by atoms with Crippen LogP contribution in [0.25, 0.3) is 0 Å². The van der Waals surface area contributed by atoms with Gasteiger partial charge in [-0.05, 0) is 33.1 Å². The van der Waals surface area contributed by atoms with E-state index in [-0.39, 0.29) is 6.10 Å². The maximum Gasteiger partial charge on any atom is 0.181 e. The van der Waals surface area contributed by atoms with Crippen LogP contribution in [0.4, 0.5) is 0 Å². The van der Waals surface area contributed by atoms with E-state index in [0.29, 0.717) is 12.2 Å². The standard InChI is InChI=1S/C17H16BrNO3/c18-16-10-15(22-19-16)13-6-8-14(9-7-13)17(20)21-11-12-4-2-1-3-5-12/h1-10,15,17,19-20H,11H2. The Balaban J connectivity index is 1.60. The molecular formula is C17H16BrNO3. The number of hydrogen-bond donors (Lipinski definition) is 2. The van der Waals surface area contributed by atoms with E-state index in [1.807, 2.05) is 60.7 Å². The number of nitrogens with one attached hydrogen (secondary N) is 1. The average molecular weight is 362 g/mol. The Labute approximate surface area is 137 Å². The van der Waals surface area contributed by atoms with Crippen molar-refractivity contribution in [3.05, 3.63) is 82.0 Å². The molecule has 5 heteroatoms. The molecule has 0 spiro atoms. The Morgan fingerprint density at radius 3 is 2.50 bits per heavy atom. The second-order valence-electron chi connectivity index (χ2n) is 4.97. The molecule has 2 aromatic rings. The van der Waals surface area contributed by atoms with Gasteiger partial charge in [0, 0.05) is 5.56 Å². The molecule has 0 bridgehead atoms. The lowest BCUT2D eigenvalue weighted by Crippen LogP contribution is -2.06. The molecule has 2 unspecified atom stereocenters. The lowest BCUT2D eigenvalue weighted by molar-refractivity contribution is -0.112. The first-order valence-electron chi connectivity index (χ1n) is 6.95. The van der Waals surface area contributed by atoms with Crippen molar-refractivity contribution >= 4 is 15.9 Å². The SMILES string of the molecule is OC(OCc1ccccc1)c1ccc(C2C=C(Br)NO2)cc1. The summed E-state index contributed by atoms with van der Waals surface area (Å²) >= 11 is 3.32. The van der Waals surface area contributed by atoms with Gasteiger partial charge in [-0.25, -0.2) is 0 Å². The minimum atomic E-state index is -0.945. The number of benzene rings is 2. The number of rotatable bonds is 5. The number of halogens is 1. The first-order chi connectivity index (χ1) is 10.7. The van der Waals surface area contributed by atoms with Crippen LogP contribution in [0.2, 0.25) is 0 Å². The van der Waals surface area contributed by atoms with Crippen molar-refractivity contribution in [3.63, 3.8) is 0 Å². The fraction of sp³-hybridized carbons (Fsp3) is 0.176. The van der Waals surface area contributed by atoms with E-state index in [9.17, 15) is 5.11 Å². The highest BCUT2D eigenvalue weighted by atomic mass is 79.9. The van der Waals surface area contributed by atoms with Gasteiger partial charge in [-0.3, -0.25) is 10.3 Å². The fourth-order valence-electron chi connectivity index (χ4n) is 2.18. The molecule has 1 aliphatic rings. The lowest BCUT2D eigenvalue weighted by atomic mass is 10.1. The maximum absolute atomic E-state index is 10.1. The molecule has 1 aliphatic heterocycles. The summed E-state index contributed by atoms with van der Waals surface area (Å²) in [7, 11) is 0. The molecule has 4 nitrogen and oxygen atoms in total. The Kier molecular flexibility index (Phi) is 4.90. The van der Waals surface area contributed by atoms with E-state index in [0.717, 1.165) is 15.7 Å². The van der Waals surface area contributed by atoms with E-state index in [2.05, 4.69) is 21.4 Å². The fourth-order valence-corrected chi connectivity index (χ4v) is 2.51. The molecule has 22 heavy (non-hydrogen) atoms. The molecule has 2 N–H and O–H groups in total. The van der Waals surface area contributed by atoms with Gasteiger partial charge in [0.05, 0.1) is 6.61 Å². The lowest BCUT2D eigenvalue weighted by Gasteiger charge is -2.14. The highest BCUT2D eigenvalue weighted by molar-refractivity contribution is 9.11. The quantitative estimate of drug-likeness (QED) is 0.629. The van der Waals surface area contributed by atoms with Gasteiger partial charge >= 0.3 is 0 Å². The summed E-state index contributed by atoms with van der Waals surface area (Å²) in [4.78, 5) is 5.37. The molecule has 0 radical (unpaired) electrons. The van der Waals surface area contributed by atoms with Crippen LogP contribution in [0.5, 0.6) is 0 Å². The number of aliphatic hydroxyl groups is 1. The molecule has 0 aliphatic carbocycles. The summed E-state index contributed by atoms with van der Waals surface area (Å²) in [5.41, 5.74) is 5.49. The van der Waals surface area contributed by atoms with Gasteiger partial charge in [-0.1, -0.05) is 54.6 Å². The minimum absolute atomic E-state index is 0.134. The monoisotopic (exact) mass is 361 g/mol. The average Bonchev–Trinajstić information content (AvgIpc) is 3.00. The molecule has 2 atom stereocenters. The third-order valence-corrected chi connectivity index (χ3v) is 3.81. The first-order valence-corrected chi connectivity index (χ1v) is 7.74. The van der Waals surface area contributed by atoms with Crippen LogP contribution in [-0.4, -0.2) is 5.11 Å². The zero-order valence-electron chi connectivity index (χ0n) is 11.8.